The SMILES string of the molecule is COC1[C@H](c2c3c(c(O)c4c2O[C@@H](c2ccc(O)cc2)CC4=O)C=CC(C)(C)O3)OC1(C)C. The average Bonchev–Trinajstić information content (AvgIpc) is 2.72. The lowest BCUT2D eigenvalue weighted by Gasteiger charge is -2.51. The van der Waals surface area contributed by atoms with E-state index in [9.17, 15) is 15.0 Å². The Balaban J connectivity index is 1.71. The number of carbonyl (C=O) groups excluding carboxylic acids is 1. The highest BCUT2D eigenvalue weighted by atomic mass is 16.6. The van der Waals surface area contributed by atoms with Gasteiger partial charge in [-0.05, 0) is 57.5 Å². The molecule has 0 saturated carbocycles. The lowest BCUT2D eigenvalue weighted by atomic mass is 9.80. The van der Waals surface area contributed by atoms with Gasteiger partial charge in [0.05, 0.1) is 23.1 Å². The highest BCUT2D eigenvalue weighted by Gasteiger charge is 2.54. The molecule has 0 bridgehead atoms. The zero-order valence-electron chi connectivity index (χ0n) is 19.3. The number of hydrogen-bond acceptors (Lipinski definition) is 7. The average molecular weight is 453 g/mol. The normalized spacial score (nSPS) is 26.5. The Labute approximate surface area is 192 Å². The van der Waals surface area contributed by atoms with Crippen molar-refractivity contribution in [2.24, 2.45) is 0 Å². The molecule has 2 aromatic carbocycles. The second-order valence-corrected chi connectivity index (χ2v) is 9.87. The maximum absolute atomic E-state index is 13.3. The van der Waals surface area contributed by atoms with Gasteiger partial charge in [-0.3, -0.25) is 4.79 Å². The lowest BCUT2D eigenvalue weighted by Crippen LogP contribution is -2.56. The van der Waals surface area contributed by atoms with E-state index in [1.807, 2.05) is 33.8 Å². The van der Waals surface area contributed by atoms with E-state index >= 15 is 0 Å². The number of carbonyl (C=O) groups is 1. The number of Topliss-reactive ketones (excluding diaryl/α,β-unsaturated/α-hetero) is 1. The fourth-order valence-electron chi connectivity index (χ4n) is 4.91. The third-order valence-electron chi connectivity index (χ3n) is 6.57. The van der Waals surface area contributed by atoms with Crippen molar-refractivity contribution in [3.8, 4) is 23.0 Å². The van der Waals surface area contributed by atoms with Gasteiger partial charge in [-0.25, -0.2) is 0 Å². The Morgan fingerprint density at radius 2 is 1.76 bits per heavy atom. The maximum atomic E-state index is 13.3. The summed E-state index contributed by atoms with van der Waals surface area (Å²) < 4.78 is 24.7. The molecule has 1 fully saturated rings. The van der Waals surface area contributed by atoms with Crippen molar-refractivity contribution in [1.29, 1.82) is 0 Å². The van der Waals surface area contributed by atoms with E-state index in [4.69, 9.17) is 18.9 Å². The molecule has 7 nitrogen and oxygen atoms in total. The topological polar surface area (TPSA) is 94.5 Å². The van der Waals surface area contributed by atoms with Crippen molar-refractivity contribution < 1.29 is 34.0 Å². The number of ketones is 1. The van der Waals surface area contributed by atoms with Crippen LogP contribution in [0.4, 0.5) is 0 Å². The molecular weight excluding hydrogens is 424 g/mol. The largest absolute Gasteiger partial charge is 0.508 e. The summed E-state index contributed by atoms with van der Waals surface area (Å²) in [6.45, 7) is 7.70. The van der Waals surface area contributed by atoms with Crippen molar-refractivity contribution in [2.75, 3.05) is 7.11 Å². The van der Waals surface area contributed by atoms with Crippen LogP contribution in [0.3, 0.4) is 0 Å². The first-order valence-electron chi connectivity index (χ1n) is 11.0. The van der Waals surface area contributed by atoms with Crippen LogP contribution in [0.5, 0.6) is 23.0 Å². The van der Waals surface area contributed by atoms with Crippen LogP contribution in [0.1, 0.15) is 73.4 Å². The molecule has 174 valence electrons. The van der Waals surface area contributed by atoms with Crippen LogP contribution in [0.2, 0.25) is 0 Å². The number of benzene rings is 2. The Kier molecular flexibility index (Phi) is 4.78. The number of rotatable bonds is 3. The first-order chi connectivity index (χ1) is 15.5. The number of phenols is 2. The number of phenolic OH excluding ortho intramolecular Hbond substituents is 2. The summed E-state index contributed by atoms with van der Waals surface area (Å²) in [6.07, 6.45) is 2.26. The summed E-state index contributed by atoms with van der Waals surface area (Å²) in [4.78, 5) is 13.3. The van der Waals surface area contributed by atoms with Crippen molar-refractivity contribution in [1.82, 2.24) is 0 Å². The predicted molar refractivity (Wildman–Crippen MR) is 121 cm³/mol. The van der Waals surface area contributed by atoms with Crippen molar-refractivity contribution in [3.05, 3.63) is 52.6 Å². The molecule has 33 heavy (non-hydrogen) atoms. The number of aromatic hydroxyl groups is 2. The molecule has 0 radical (unpaired) electrons. The molecule has 1 unspecified atom stereocenters. The van der Waals surface area contributed by atoms with Gasteiger partial charge in [0.1, 0.15) is 52.5 Å². The Morgan fingerprint density at radius 1 is 1.06 bits per heavy atom. The Bertz CT molecular complexity index is 1160. The zero-order valence-corrected chi connectivity index (χ0v) is 19.3. The number of hydrogen-bond donors (Lipinski definition) is 2. The number of ether oxygens (including phenoxy) is 4. The first kappa shape index (κ1) is 21.8. The van der Waals surface area contributed by atoms with E-state index in [1.165, 1.54) is 0 Å². The third-order valence-corrected chi connectivity index (χ3v) is 6.57. The van der Waals surface area contributed by atoms with Gasteiger partial charge in [0, 0.05) is 7.11 Å². The molecule has 3 heterocycles. The standard InChI is InChI=1S/C26H28O7/c1-25(2)11-10-15-20(29)18-16(28)12-17(13-6-8-14(27)9-7-13)31-22(18)19(21(15)32-25)23-24(30-5)26(3,4)33-23/h6-11,17,23-24,27,29H,12H2,1-5H3/t17-,23+,24?/m1/s1. The van der Waals surface area contributed by atoms with E-state index in [0.29, 0.717) is 16.9 Å². The van der Waals surface area contributed by atoms with E-state index in [0.717, 1.165) is 5.56 Å². The quantitative estimate of drug-likeness (QED) is 0.687. The second kappa shape index (κ2) is 7.23. The minimum atomic E-state index is -0.626. The van der Waals surface area contributed by atoms with Crippen LogP contribution in [-0.4, -0.2) is 40.4 Å². The fraction of sp³-hybridized carbons (Fsp3) is 0.423. The summed E-state index contributed by atoms with van der Waals surface area (Å²) in [6, 6.07) is 6.55. The molecule has 2 aromatic rings. The second-order valence-electron chi connectivity index (χ2n) is 9.87. The van der Waals surface area contributed by atoms with Gasteiger partial charge in [0.15, 0.2) is 5.78 Å². The van der Waals surface area contributed by atoms with Crippen LogP contribution in [-0.2, 0) is 9.47 Å². The van der Waals surface area contributed by atoms with Gasteiger partial charge >= 0.3 is 0 Å². The Morgan fingerprint density at radius 3 is 2.39 bits per heavy atom. The highest BCUT2D eigenvalue weighted by Crippen LogP contribution is 2.58. The van der Waals surface area contributed by atoms with Gasteiger partial charge in [0.25, 0.3) is 0 Å². The molecule has 3 aliphatic heterocycles. The molecule has 1 saturated heterocycles. The van der Waals surface area contributed by atoms with Gasteiger partial charge in [-0.1, -0.05) is 12.1 Å². The zero-order chi connectivity index (χ0) is 23.7. The lowest BCUT2D eigenvalue weighted by molar-refractivity contribution is -0.286. The van der Waals surface area contributed by atoms with E-state index in [1.54, 1.807) is 37.5 Å². The molecule has 0 amide bonds. The first-order valence-corrected chi connectivity index (χ1v) is 11.0. The van der Waals surface area contributed by atoms with Gasteiger partial charge in [-0.15, -0.1) is 0 Å². The Hall–Kier alpha value is -3.03. The van der Waals surface area contributed by atoms with Crippen LogP contribution in [0.25, 0.3) is 6.08 Å². The molecular formula is C26H28O7. The fourth-order valence-corrected chi connectivity index (χ4v) is 4.91. The monoisotopic (exact) mass is 452 g/mol. The number of methoxy groups -OCH3 is 1. The predicted octanol–water partition coefficient (Wildman–Crippen LogP) is 4.85. The van der Waals surface area contributed by atoms with Crippen LogP contribution >= 0.6 is 0 Å². The van der Waals surface area contributed by atoms with E-state index in [-0.39, 0.29) is 41.1 Å². The highest BCUT2D eigenvalue weighted by molar-refractivity contribution is 6.05. The molecule has 2 N–H and O–H groups in total. The summed E-state index contributed by atoms with van der Waals surface area (Å²) in [5, 5.41) is 20.8. The van der Waals surface area contributed by atoms with Crippen LogP contribution in [0, 0.1) is 0 Å². The van der Waals surface area contributed by atoms with Gasteiger partial charge < -0.3 is 29.2 Å². The van der Waals surface area contributed by atoms with Gasteiger partial charge in [-0.2, -0.15) is 0 Å². The maximum Gasteiger partial charge on any atom is 0.174 e. The summed E-state index contributed by atoms with van der Waals surface area (Å²) in [5.41, 5.74) is 0.722. The molecule has 5 rings (SSSR count). The smallest absolute Gasteiger partial charge is 0.174 e. The summed E-state index contributed by atoms with van der Waals surface area (Å²) in [5.74, 6) is 0.428. The van der Waals surface area contributed by atoms with E-state index < -0.39 is 23.4 Å². The van der Waals surface area contributed by atoms with Crippen LogP contribution < -0.4 is 9.47 Å². The van der Waals surface area contributed by atoms with Gasteiger partial charge in [0.2, 0.25) is 0 Å². The van der Waals surface area contributed by atoms with Crippen molar-refractivity contribution in [3.63, 3.8) is 0 Å². The molecule has 0 aliphatic carbocycles. The van der Waals surface area contributed by atoms with Crippen molar-refractivity contribution in [2.45, 2.75) is 63.6 Å². The number of fused-ring (bicyclic) bond motifs is 2. The summed E-state index contributed by atoms with van der Waals surface area (Å²) in [7, 11) is 1.62. The molecule has 7 heteroatoms. The van der Waals surface area contributed by atoms with E-state index in [2.05, 4.69) is 0 Å². The molecule has 3 aliphatic rings. The molecule has 3 atom stereocenters. The minimum Gasteiger partial charge on any atom is -0.508 e. The minimum absolute atomic E-state index is 0.0599. The summed E-state index contributed by atoms with van der Waals surface area (Å²) >= 11 is 0. The third kappa shape index (κ3) is 3.38. The molecule has 0 spiro atoms. The van der Waals surface area contributed by atoms with Crippen LogP contribution in [0.15, 0.2) is 30.3 Å². The van der Waals surface area contributed by atoms with Crippen molar-refractivity contribution >= 4 is 11.9 Å². The molecule has 0 aromatic heterocycles.